The molecule has 27 heavy (non-hydrogen) atoms. The molecule has 1 aromatic heterocycles. The van der Waals surface area contributed by atoms with Crippen LogP contribution in [0.25, 0.3) is 11.3 Å². The number of hydrogen-bond acceptors (Lipinski definition) is 3. The summed E-state index contributed by atoms with van der Waals surface area (Å²) < 4.78 is 2.48. The van der Waals surface area contributed by atoms with Crippen LogP contribution >= 0.6 is 0 Å². The van der Waals surface area contributed by atoms with Crippen molar-refractivity contribution >= 4 is 17.7 Å². The van der Waals surface area contributed by atoms with Crippen molar-refractivity contribution < 1.29 is 19.8 Å². The molecule has 6 nitrogen and oxygen atoms in total. The first kappa shape index (κ1) is 18.6. The quantitative estimate of drug-likeness (QED) is 0.799. The Morgan fingerprint density at radius 1 is 1.04 bits per heavy atom. The van der Waals surface area contributed by atoms with Crippen LogP contribution in [0.3, 0.4) is 0 Å². The minimum Gasteiger partial charge on any atom is -0.478 e. The van der Waals surface area contributed by atoms with E-state index in [1.54, 1.807) is 0 Å². The van der Waals surface area contributed by atoms with E-state index in [9.17, 15) is 9.59 Å². The molecule has 0 amide bonds. The maximum absolute atomic E-state index is 9.55. The van der Waals surface area contributed by atoms with Crippen LogP contribution in [0.5, 0.6) is 0 Å². The Morgan fingerprint density at radius 3 is 2.37 bits per heavy atom. The molecule has 1 aliphatic heterocycles. The summed E-state index contributed by atoms with van der Waals surface area (Å²) in [5.41, 5.74) is 9.78. The molecule has 0 fully saturated rings. The molecule has 0 saturated carbocycles. The van der Waals surface area contributed by atoms with Crippen molar-refractivity contribution in [3.8, 4) is 11.3 Å². The van der Waals surface area contributed by atoms with Gasteiger partial charge < -0.3 is 14.8 Å². The normalized spacial score (nSPS) is 14.4. The minimum atomic E-state index is -1.26. The van der Waals surface area contributed by atoms with Gasteiger partial charge in [0.15, 0.2) is 0 Å². The molecule has 2 N–H and O–H groups in total. The van der Waals surface area contributed by atoms with Crippen molar-refractivity contribution in [2.45, 2.75) is 33.2 Å². The van der Waals surface area contributed by atoms with Gasteiger partial charge in [0.1, 0.15) is 0 Å². The standard InChI is InChI=1S/C17H18N2.C4H4O4/c1-11-3-6-15-13(9-11)4-5-14-10-16-12(2)18-7-8-19(16)17(14)15;5-3(6)1-2-4(7)8/h3,6,9-10H,4-5,7-8H2,1-2H3;1-2H,(H,5,6)(H,7,8). The third kappa shape index (κ3) is 4.00. The molecular formula is C21H22N2O4. The van der Waals surface area contributed by atoms with E-state index in [-0.39, 0.29) is 0 Å². The zero-order valence-corrected chi connectivity index (χ0v) is 15.4. The van der Waals surface area contributed by atoms with E-state index < -0.39 is 11.9 Å². The summed E-state index contributed by atoms with van der Waals surface area (Å²) in [6.45, 7) is 6.25. The van der Waals surface area contributed by atoms with Crippen molar-refractivity contribution in [3.05, 3.63) is 58.8 Å². The average Bonchev–Trinajstić information content (AvgIpc) is 3.01. The molecule has 140 valence electrons. The fourth-order valence-electron chi connectivity index (χ4n) is 3.62. The van der Waals surface area contributed by atoms with Crippen LogP contribution in [0.15, 0.2) is 41.4 Å². The van der Waals surface area contributed by atoms with Gasteiger partial charge in [-0.3, -0.25) is 4.99 Å². The molecule has 2 aromatic rings. The van der Waals surface area contributed by atoms with Crippen molar-refractivity contribution in [1.29, 1.82) is 0 Å². The summed E-state index contributed by atoms with van der Waals surface area (Å²) >= 11 is 0. The van der Waals surface area contributed by atoms with Crippen LogP contribution in [-0.2, 0) is 29.0 Å². The Hall–Kier alpha value is -3.15. The number of hydrogen-bond donors (Lipinski definition) is 2. The first-order valence-electron chi connectivity index (χ1n) is 8.84. The van der Waals surface area contributed by atoms with Crippen molar-refractivity contribution in [1.82, 2.24) is 4.57 Å². The highest BCUT2D eigenvalue weighted by Crippen LogP contribution is 2.37. The Kier molecular flexibility index (Phi) is 5.26. The zero-order chi connectivity index (χ0) is 19.6. The number of benzene rings is 1. The fourth-order valence-corrected chi connectivity index (χ4v) is 3.62. The van der Waals surface area contributed by atoms with E-state index in [4.69, 9.17) is 10.2 Å². The summed E-state index contributed by atoms with van der Waals surface area (Å²) in [7, 11) is 0. The monoisotopic (exact) mass is 366 g/mol. The molecule has 1 aliphatic carbocycles. The van der Waals surface area contributed by atoms with Gasteiger partial charge in [0.25, 0.3) is 0 Å². The van der Waals surface area contributed by atoms with Gasteiger partial charge in [-0.2, -0.15) is 0 Å². The highest BCUT2D eigenvalue weighted by Gasteiger charge is 2.24. The van der Waals surface area contributed by atoms with Gasteiger partial charge in [0.2, 0.25) is 0 Å². The summed E-state index contributed by atoms with van der Waals surface area (Å²) in [4.78, 5) is 23.7. The molecule has 1 aromatic carbocycles. The SMILES string of the molecule is CC1=NCCn2c1cc1c2-c2ccc(C)cc2CC1.O=C(O)C=CC(=O)O. The molecule has 0 radical (unpaired) electrons. The average molecular weight is 366 g/mol. The van der Waals surface area contributed by atoms with Crippen LogP contribution in [0.2, 0.25) is 0 Å². The molecule has 4 rings (SSSR count). The maximum Gasteiger partial charge on any atom is 0.328 e. The van der Waals surface area contributed by atoms with Crippen molar-refractivity contribution in [3.63, 3.8) is 0 Å². The molecule has 2 heterocycles. The van der Waals surface area contributed by atoms with Crippen LogP contribution in [0.1, 0.15) is 29.3 Å². The van der Waals surface area contributed by atoms with Crippen molar-refractivity contribution in [2.24, 2.45) is 4.99 Å². The Balaban J connectivity index is 0.000000226. The first-order chi connectivity index (χ1) is 12.9. The third-order valence-corrected chi connectivity index (χ3v) is 4.77. The van der Waals surface area contributed by atoms with E-state index in [0.29, 0.717) is 12.2 Å². The minimum absolute atomic E-state index is 0.558. The molecule has 6 heteroatoms. The summed E-state index contributed by atoms with van der Waals surface area (Å²) in [6.07, 6.45) is 3.45. The predicted octanol–water partition coefficient (Wildman–Crippen LogP) is 3.10. The van der Waals surface area contributed by atoms with E-state index in [1.165, 1.54) is 52.2 Å². The molecule has 0 saturated heterocycles. The topological polar surface area (TPSA) is 91.9 Å². The smallest absolute Gasteiger partial charge is 0.328 e. The second kappa shape index (κ2) is 7.61. The third-order valence-electron chi connectivity index (χ3n) is 4.77. The van der Waals surface area contributed by atoms with E-state index in [0.717, 1.165) is 13.1 Å². The highest BCUT2D eigenvalue weighted by atomic mass is 16.4. The number of carbonyl (C=O) groups is 2. The van der Waals surface area contributed by atoms with Gasteiger partial charge in [-0.15, -0.1) is 0 Å². The number of aliphatic carboxylic acids is 2. The second-order valence-electron chi connectivity index (χ2n) is 6.69. The lowest BCUT2D eigenvalue weighted by Crippen LogP contribution is -2.17. The fraction of sp³-hybridized carbons (Fsp3) is 0.286. The molecule has 2 aliphatic rings. The second-order valence-corrected chi connectivity index (χ2v) is 6.69. The molecule has 0 spiro atoms. The van der Waals surface area contributed by atoms with Gasteiger partial charge in [0, 0.05) is 24.3 Å². The molecule has 0 unspecified atom stereocenters. The molecular weight excluding hydrogens is 344 g/mol. The largest absolute Gasteiger partial charge is 0.478 e. The van der Waals surface area contributed by atoms with Crippen molar-refractivity contribution in [2.75, 3.05) is 6.54 Å². The predicted molar refractivity (Wildman–Crippen MR) is 104 cm³/mol. The Bertz CT molecular complexity index is 951. The van der Waals surface area contributed by atoms with Crippen LogP contribution in [-0.4, -0.2) is 39.0 Å². The summed E-state index contributed by atoms with van der Waals surface area (Å²) in [6, 6.07) is 9.24. The van der Waals surface area contributed by atoms with Gasteiger partial charge in [-0.25, -0.2) is 9.59 Å². The van der Waals surface area contributed by atoms with Gasteiger partial charge in [0.05, 0.1) is 23.6 Å². The highest BCUT2D eigenvalue weighted by molar-refractivity contribution is 5.99. The molecule has 0 bridgehead atoms. The van der Waals surface area contributed by atoms with Crippen LogP contribution in [0, 0.1) is 6.92 Å². The van der Waals surface area contributed by atoms with Crippen LogP contribution < -0.4 is 0 Å². The summed E-state index contributed by atoms with van der Waals surface area (Å²) in [5, 5.41) is 15.6. The number of carboxylic acids is 2. The van der Waals surface area contributed by atoms with Gasteiger partial charge in [-0.05, 0) is 43.9 Å². The maximum atomic E-state index is 9.55. The zero-order valence-electron chi connectivity index (χ0n) is 15.4. The number of fused-ring (bicyclic) bond motifs is 5. The number of aliphatic imine (C=N–C) groups is 1. The van der Waals surface area contributed by atoms with Gasteiger partial charge in [-0.1, -0.05) is 23.8 Å². The Labute approximate surface area is 157 Å². The Morgan fingerprint density at radius 2 is 1.70 bits per heavy atom. The lowest BCUT2D eigenvalue weighted by atomic mass is 9.89. The van der Waals surface area contributed by atoms with Gasteiger partial charge >= 0.3 is 11.9 Å². The van der Waals surface area contributed by atoms with E-state index in [2.05, 4.69) is 47.7 Å². The number of carboxylic acid groups (broad SMARTS) is 2. The first-order valence-corrected chi connectivity index (χ1v) is 8.84. The lowest BCUT2D eigenvalue weighted by Gasteiger charge is -2.22. The number of aromatic nitrogens is 1. The van der Waals surface area contributed by atoms with E-state index in [1.807, 2.05) is 0 Å². The van der Waals surface area contributed by atoms with E-state index >= 15 is 0 Å². The number of aryl methyl sites for hydroxylation is 3. The van der Waals surface area contributed by atoms with Crippen LogP contribution in [0.4, 0.5) is 0 Å². The number of rotatable bonds is 2. The molecule has 0 atom stereocenters. The number of nitrogens with zero attached hydrogens (tertiary/aromatic N) is 2. The summed E-state index contributed by atoms with van der Waals surface area (Å²) in [5.74, 6) is -2.51. The lowest BCUT2D eigenvalue weighted by molar-refractivity contribution is -0.134.